The summed E-state index contributed by atoms with van der Waals surface area (Å²) in [5.74, 6) is 1.69. The first kappa shape index (κ1) is 13.8. The summed E-state index contributed by atoms with van der Waals surface area (Å²) in [4.78, 5) is 8.55. The van der Waals surface area contributed by atoms with Gasteiger partial charge in [-0.15, -0.1) is 0 Å². The van der Waals surface area contributed by atoms with Gasteiger partial charge in [-0.3, -0.25) is 0 Å². The highest BCUT2D eigenvalue weighted by atomic mass is 16.5. The molecular weight excluding hydrogens is 278 g/mol. The Bertz CT molecular complexity index is 817. The maximum absolute atomic E-state index is 8.80. The maximum Gasteiger partial charge on any atom is 0.261 e. The van der Waals surface area contributed by atoms with Crippen LogP contribution in [-0.2, 0) is 6.54 Å². The fourth-order valence-electron chi connectivity index (χ4n) is 2.01. The average Bonchev–Trinajstić information content (AvgIpc) is 3.00. The topological polar surface area (TPSA) is 87.6 Å². The van der Waals surface area contributed by atoms with Gasteiger partial charge in [-0.2, -0.15) is 10.2 Å². The summed E-state index contributed by atoms with van der Waals surface area (Å²) in [7, 11) is 0. The number of aryl methyl sites for hydroxylation is 1. The van der Waals surface area contributed by atoms with Crippen molar-refractivity contribution < 1.29 is 4.52 Å². The Morgan fingerprint density at radius 3 is 2.73 bits per heavy atom. The van der Waals surface area contributed by atoms with Crippen molar-refractivity contribution in [3.05, 3.63) is 59.5 Å². The lowest BCUT2D eigenvalue weighted by molar-refractivity contribution is 0.425. The zero-order chi connectivity index (χ0) is 15.4. The minimum Gasteiger partial charge on any atom is -0.365 e. The van der Waals surface area contributed by atoms with Crippen LogP contribution in [0.4, 0.5) is 5.82 Å². The van der Waals surface area contributed by atoms with Crippen LogP contribution < -0.4 is 5.32 Å². The molecule has 0 amide bonds. The number of hydrogen-bond donors (Lipinski definition) is 1. The van der Waals surface area contributed by atoms with Gasteiger partial charge in [0.1, 0.15) is 5.82 Å². The maximum atomic E-state index is 8.80. The molecule has 2 heterocycles. The van der Waals surface area contributed by atoms with E-state index in [9.17, 15) is 0 Å². The van der Waals surface area contributed by atoms with E-state index < -0.39 is 0 Å². The zero-order valence-corrected chi connectivity index (χ0v) is 11.9. The van der Waals surface area contributed by atoms with Crippen LogP contribution in [0.25, 0.3) is 11.5 Å². The first-order chi connectivity index (χ1) is 10.8. The molecule has 0 fully saturated rings. The second kappa shape index (κ2) is 6.06. The molecule has 0 radical (unpaired) electrons. The highest BCUT2D eigenvalue weighted by Gasteiger charge is 2.12. The Labute approximate surface area is 127 Å². The van der Waals surface area contributed by atoms with Crippen LogP contribution >= 0.6 is 0 Å². The number of aromatic nitrogens is 3. The lowest BCUT2D eigenvalue weighted by atomic mass is 10.1. The Kier molecular flexibility index (Phi) is 3.79. The van der Waals surface area contributed by atoms with E-state index in [0.717, 1.165) is 11.1 Å². The number of nitriles is 1. The summed E-state index contributed by atoms with van der Waals surface area (Å²) in [5.41, 5.74) is 2.46. The van der Waals surface area contributed by atoms with Crippen LogP contribution in [0.1, 0.15) is 17.0 Å². The molecule has 6 nitrogen and oxygen atoms in total. The van der Waals surface area contributed by atoms with E-state index in [4.69, 9.17) is 9.78 Å². The molecule has 0 aliphatic heterocycles. The third-order valence-electron chi connectivity index (χ3n) is 3.11. The summed E-state index contributed by atoms with van der Waals surface area (Å²) >= 11 is 0. The Hall–Kier alpha value is -3.20. The molecule has 0 aliphatic rings. The average molecular weight is 291 g/mol. The minimum atomic E-state index is 0.438. The molecule has 0 unspecified atom stereocenters. The number of pyridine rings is 1. The van der Waals surface area contributed by atoms with Crippen molar-refractivity contribution >= 4 is 5.82 Å². The molecule has 0 aliphatic carbocycles. The summed E-state index contributed by atoms with van der Waals surface area (Å²) < 4.78 is 5.20. The van der Waals surface area contributed by atoms with Crippen LogP contribution in [0.15, 0.2) is 47.1 Å². The number of anilines is 1. The number of hydrogen-bond acceptors (Lipinski definition) is 6. The van der Waals surface area contributed by atoms with E-state index in [1.165, 1.54) is 0 Å². The Morgan fingerprint density at radius 1 is 1.23 bits per heavy atom. The molecule has 0 bridgehead atoms. The van der Waals surface area contributed by atoms with E-state index >= 15 is 0 Å². The Morgan fingerprint density at radius 2 is 2.05 bits per heavy atom. The van der Waals surface area contributed by atoms with Crippen LogP contribution in [0.5, 0.6) is 0 Å². The van der Waals surface area contributed by atoms with Crippen LogP contribution in [0, 0.1) is 18.3 Å². The molecule has 3 rings (SSSR count). The highest BCUT2D eigenvalue weighted by molar-refractivity contribution is 5.68. The van der Waals surface area contributed by atoms with Gasteiger partial charge in [0.05, 0.1) is 17.2 Å². The van der Waals surface area contributed by atoms with Crippen molar-refractivity contribution in [3.63, 3.8) is 0 Å². The van der Waals surface area contributed by atoms with Gasteiger partial charge in [-0.05, 0) is 36.8 Å². The number of nitrogens with zero attached hydrogens (tertiary/aromatic N) is 4. The molecule has 6 heteroatoms. The summed E-state index contributed by atoms with van der Waals surface area (Å²) in [6.45, 7) is 2.36. The second-order valence-electron chi connectivity index (χ2n) is 4.71. The van der Waals surface area contributed by atoms with Gasteiger partial charge in [-0.25, -0.2) is 4.98 Å². The van der Waals surface area contributed by atoms with Gasteiger partial charge in [0.25, 0.3) is 5.89 Å². The van der Waals surface area contributed by atoms with Crippen molar-refractivity contribution in [2.45, 2.75) is 13.5 Å². The molecular formula is C16H13N5O. The SMILES string of the molecule is Cc1noc(-c2cccnc2NCc2ccc(C#N)cc2)n1. The first-order valence-corrected chi connectivity index (χ1v) is 6.75. The molecule has 3 aromatic rings. The molecule has 1 aromatic carbocycles. The largest absolute Gasteiger partial charge is 0.365 e. The lowest BCUT2D eigenvalue weighted by Crippen LogP contribution is -2.03. The Balaban J connectivity index is 1.79. The van der Waals surface area contributed by atoms with Gasteiger partial charge >= 0.3 is 0 Å². The third kappa shape index (κ3) is 2.94. The van der Waals surface area contributed by atoms with E-state index in [1.54, 1.807) is 25.3 Å². The number of nitrogens with one attached hydrogen (secondary N) is 1. The van der Waals surface area contributed by atoms with E-state index in [0.29, 0.717) is 29.6 Å². The molecule has 0 spiro atoms. The lowest BCUT2D eigenvalue weighted by Gasteiger charge is -2.08. The van der Waals surface area contributed by atoms with E-state index in [2.05, 4.69) is 26.5 Å². The summed E-state index contributed by atoms with van der Waals surface area (Å²) in [6.07, 6.45) is 1.70. The fraction of sp³-hybridized carbons (Fsp3) is 0.125. The van der Waals surface area contributed by atoms with Crippen LogP contribution in [0.2, 0.25) is 0 Å². The van der Waals surface area contributed by atoms with Crippen molar-refractivity contribution in [2.24, 2.45) is 0 Å². The van der Waals surface area contributed by atoms with Crippen molar-refractivity contribution in [3.8, 4) is 17.5 Å². The van der Waals surface area contributed by atoms with Crippen molar-refractivity contribution in [2.75, 3.05) is 5.32 Å². The monoisotopic (exact) mass is 291 g/mol. The van der Waals surface area contributed by atoms with Crippen LogP contribution in [0.3, 0.4) is 0 Å². The predicted octanol–water partition coefficient (Wildman–Crippen LogP) is 2.92. The highest BCUT2D eigenvalue weighted by Crippen LogP contribution is 2.24. The quantitative estimate of drug-likeness (QED) is 0.795. The molecule has 22 heavy (non-hydrogen) atoms. The van der Waals surface area contributed by atoms with Crippen molar-refractivity contribution in [1.29, 1.82) is 5.26 Å². The van der Waals surface area contributed by atoms with Gasteiger partial charge in [0, 0.05) is 12.7 Å². The van der Waals surface area contributed by atoms with Crippen molar-refractivity contribution in [1.82, 2.24) is 15.1 Å². The van der Waals surface area contributed by atoms with Gasteiger partial charge in [0.15, 0.2) is 5.82 Å². The standard InChI is InChI=1S/C16H13N5O/c1-11-20-16(22-21-11)14-3-2-8-18-15(14)19-10-13-6-4-12(9-17)5-7-13/h2-8H,10H2,1H3,(H,18,19). The number of benzene rings is 1. The molecule has 0 saturated heterocycles. The predicted molar refractivity (Wildman–Crippen MR) is 80.7 cm³/mol. The smallest absolute Gasteiger partial charge is 0.261 e. The molecule has 0 saturated carbocycles. The molecule has 1 N–H and O–H groups in total. The van der Waals surface area contributed by atoms with Gasteiger partial charge in [0.2, 0.25) is 0 Å². The molecule has 2 aromatic heterocycles. The third-order valence-corrected chi connectivity index (χ3v) is 3.11. The minimum absolute atomic E-state index is 0.438. The number of rotatable bonds is 4. The van der Waals surface area contributed by atoms with E-state index in [-0.39, 0.29) is 0 Å². The van der Waals surface area contributed by atoms with Gasteiger partial charge < -0.3 is 9.84 Å². The van der Waals surface area contributed by atoms with Crippen LogP contribution in [-0.4, -0.2) is 15.1 Å². The summed E-state index contributed by atoms with van der Waals surface area (Å²) in [6, 6.07) is 13.2. The summed E-state index contributed by atoms with van der Waals surface area (Å²) in [5, 5.41) is 15.9. The molecule has 108 valence electrons. The molecule has 0 atom stereocenters. The second-order valence-corrected chi connectivity index (χ2v) is 4.71. The van der Waals surface area contributed by atoms with E-state index in [1.807, 2.05) is 24.3 Å². The van der Waals surface area contributed by atoms with Gasteiger partial charge in [-0.1, -0.05) is 17.3 Å². The normalized spacial score (nSPS) is 10.2. The fourth-order valence-corrected chi connectivity index (χ4v) is 2.01. The zero-order valence-electron chi connectivity index (χ0n) is 11.9. The first-order valence-electron chi connectivity index (χ1n) is 6.75.